The van der Waals surface area contributed by atoms with Crippen LogP contribution in [0.4, 0.5) is 0 Å². The first-order chi connectivity index (χ1) is 25.1. The third kappa shape index (κ3) is 7.90. The van der Waals surface area contributed by atoms with Gasteiger partial charge in [-0.05, 0) is 28.3 Å². The van der Waals surface area contributed by atoms with Crippen LogP contribution in [0.15, 0.2) is 133 Å². The summed E-state index contributed by atoms with van der Waals surface area (Å²) in [5.74, 6) is -0.133. The monoisotopic (exact) mass is 684 g/mol. The molecule has 1 N–H and O–H groups in total. The molecule has 0 saturated carbocycles. The minimum atomic E-state index is -0.720. The van der Waals surface area contributed by atoms with Gasteiger partial charge in [-0.25, -0.2) is 0 Å². The van der Waals surface area contributed by atoms with Crippen LogP contribution in [-0.4, -0.2) is 49.0 Å². The van der Waals surface area contributed by atoms with Gasteiger partial charge >= 0.3 is 0 Å². The van der Waals surface area contributed by atoms with E-state index in [2.05, 4.69) is 0 Å². The Kier molecular flexibility index (Phi) is 10.9. The third-order valence-electron chi connectivity index (χ3n) is 9.08. The van der Waals surface area contributed by atoms with Gasteiger partial charge in [0.05, 0.1) is 39.1 Å². The fourth-order valence-electron chi connectivity index (χ4n) is 6.62. The number of ketones is 1. The second kappa shape index (κ2) is 16.2. The van der Waals surface area contributed by atoms with Crippen molar-refractivity contribution in [2.24, 2.45) is 0 Å². The van der Waals surface area contributed by atoms with Gasteiger partial charge in [0.1, 0.15) is 47.2 Å². The first-order valence-corrected chi connectivity index (χ1v) is 17.0. The first-order valence-electron chi connectivity index (χ1n) is 17.0. The van der Waals surface area contributed by atoms with Crippen molar-refractivity contribution < 1.29 is 38.3 Å². The van der Waals surface area contributed by atoms with E-state index in [4.69, 9.17) is 28.4 Å². The molecule has 5 atom stereocenters. The van der Waals surface area contributed by atoms with Crippen molar-refractivity contribution in [2.75, 3.05) is 13.7 Å². The molecule has 0 aliphatic carbocycles. The van der Waals surface area contributed by atoms with Crippen molar-refractivity contribution in [2.45, 2.75) is 50.3 Å². The van der Waals surface area contributed by atoms with Gasteiger partial charge in [-0.2, -0.15) is 0 Å². The van der Waals surface area contributed by atoms with Crippen molar-refractivity contribution in [1.82, 2.24) is 0 Å². The standard InChI is InChI=1S/C43H40O8/c1-46-40-37(33(44)23-22-29-14-6-2-7-15-29)34(45)24-35-38(40)41-43(50-35)42(49-27-32-20-12-5-13-21-32)39(48-26-31-18-10-4-11-19-31)36(51-41)28-47-25-30-16-8-3-9-17-30/h2-24,36,39,41-43,45H,25-28H2,1H3/t36-,39-,41+,42+,43-/m1/s1. The number of allylic oxidation sites excluding steroid dienone is 1. The van der Waals surface area contributed by atoms with Gasteiger partial charge in [0.2, 0.25) is 0 Å². The van der Waals surface area contributed by atoms with Crippen molar-refractivity contribution in [3.8, 4) is 17.2 Å². The van der Waals surface area contributed by atoms with E-state index in [0.717, 1.165) is 22.3 Å². The Bertz CT molecular complexity index is 1910. The number of phenolic OH excluding ortho intramolecular Hbond substituents is 1. The summed E-state index contributed by atoms with van der Waals surface area (Å²) in [6.45, 7) is 1.19. The molecule has 2 aliphatic heterocycles. The van der Waals surface area contributed by atoms with Crippen LogP contribution in [0, 0.1) is 0 Å². The molecule has 8 nitrogen and oxygen atoms in total. The lowest BCUT2D eigenvalue weighted by atomic mass is 9.90. The number of hydrogen-bond acceptors (Lipinski definition) is 8. The Hall–Kier alpha value is -5.25. The fraction of sp³-hybridized carbons (Fsp3) is 0.233. The summed E-state index contributed by atoms with van der Waals surface area (Å²) in [5, 5.41) is 11.2. The smallest absolute Gasteiger partial charge is 0.193 e. The zero-order chi connectivity index (χ0) is 35.0. The largest absolute Gasteiger partial charge is 0.507 e. The quantitative estimate of drug-likeness (QED) is 0.0933. The van der Waals surface area contributed by atoms with E-state index >= 15 is 0 Å². The average Bonchev–Trinajstić information content (AvgIpc) is 3.53. The lowest BCUT2D eigenvalue weighted by Gasteiger charge is -2.43. The maximum Gasteiger partial charge on any atom is 0.193 e. The van der Waals surface area contributed by atoms with Crippen LogP contribution in [-0.2, 0) is 38.8 Å². The van der Waals surface area contributed by atoms with E-state index < -0.39 is 36.3 Å². The highest BCUT2D eigenvalue weighted by Crippen LogP contribution is 2.53. The number of aromatic hydroxyl groups is 1. The van der Waals surface area contributed by atoms with E-state index in [1.807, 2.05) is 121 Å². The number of ether oxygens (including phenoxy) is 6. The summed E-state index contributed by atoms with van der Waals surface area (Å²) in [6, 6.07) is 40.7. The summed E-state index contributed by atoms with van der Waals surface area (Å²) >= 11 is 0. The molecule has 0 bridgehead atoms. The van der Waals surface area contributed by atoms with Crippen molar-refractivity contribution >= 4 is 11.9 Å². The number of rotatable bonds is 14. The van der Waals surface area contributed by atoms with E-state index in [0.29, 0.717) is 31.1 Å². The summed E-state index contributed by atoms with van der Waals surface area (Å²) < 4.78 is 38.9. The molecular formula is C43H40O8. The topological polar surface area (TPSA) is 92.7 Å². The number of benzene rings is 5. The van der Waals surface area contributed by atoms with Crippen LogP contribution >= 0.6 is 0 Å². The van der Waals surface area contributed by atoms with Gasteiger partial charge in [0, 0.05) is 6.07 Å². The predicted octanol–water partition coefficient (Wildman–Crippen LogP) is 7.89. The van der Waals surface area contributed by atoms with Crippen LogP contribution in [0.3, 0.4) is 0 Å². The predicted molar refractivity (Wildman–Crippen MR) is 193 cm³/mol. The summed E-state index contributed by atoms with van der Waals surface area (Å²) in [6.07, 6.45) is -0.106. The number of phenols is 1. The highest BCUT2D eigenvalue weighted by molar-refractivity contribution is 6.11. The number of methoxy groups -OCH3 is 1. The van der Waals surface area contributed by atoms with E-state index in [1.165, 1.54) is 19.3 Å². The van der Waals surface area contributed by atoms with Gasteiger partial charge < -0.3 is 33.5 Å². The van der Waals surface area contributed by atoms with Crippen LogP contribution < -0.4 is 9.47 Å². The molecule has 1 fully saturated rings. The number of carbonyl (C=O) groups is 1. The minimum absolute atomic E-state index is 0.0253. The third-order valence-corrected chi connectivity index (χ3v) is 9.08. The number of carbonyl (C=O) groups excluding carboxylic acids is 1. The van der Waals surface area contributed by atoms with Crippen LogP contribution in [0.5, 0.6) is 17.2 Å². The van der Waals surface area contributed by atoms with Gasteiger partial charge in [0.25, 0.3) is 0 Å². The van der Waals surface area contributed by atoms with Crippen LogP contribution in [0.25, 0.3) is 6.08 Å². The zero-order valence-corrected chi connectivity index (χ0v) is 28.3. The maximum absolute atomic E-state index is 13.6. The highest BCUT2D eigenvalue weighted by atomic mass is 16.6. The average molecular weight is 685 g/mol. The van der Waals surface area contributed by atoms with Crippen LogP contribution in [0.2, 0.25) is 0 Å². The Morgan fingerprint density at radius 2 is 1.29 bits per heavy atom. The van der Waals surface area contributed by atoms with E-state index in [-0.39, 0.29) is 23.7 Å². The zero-order valence-electron chi connectivity index (χ0n) is 28.3. The highest BCUT2D eigenvalue weighted by Gasteiger charge is 2.54. The number of fused-ring (bicyclic) bond motifs is 3. The molecule has 0 radical (unpaired) electrons. The first kappa shape index (κ1) is 34.2. The summed E-state index contributed by atoms with van der Waals surface area (Å²) in [7, 11) is 1.47. The Morgan fingerprint density at radius 3 is 1.88 bits per heavy atom. The number of hydrogen-bond donors (Lipinski definition) is 1. The second-order valence-electron chi connectivity index (χ2n) is 12.5. The molecule has 0 aromatic heterocycles. The van der Waals surface area contributed by atoms with Crippen molar-refractivity contribution in [1.29, 1.82) is 0 Å². The molecule has 7 rings (SSSR count). The Labute approximate surface area is 297 Å². The molecule has 5 aromatic rings. The van der Waals surface area contributed by atoms with Gasteiger partial charge in [-0.15, -0.1) is 0 Å². The Morgan fingerprint density at radius 1 is 0.745 bits per heavy atom. The molecule has 8 heteroatoms. The normalized spacial score (nSPS) is 20.8. The summed E-state index contributed by atoms with van der Waals surface area (Å²) in [5.41, 5.74) is 4.42. The molecule has 5 aromatic carbocycles. The van der Waals surface area contributed by atoms with Crippen LogP contribution in [0.1, 0.15) is 44.3 Å². The molecule has 2 heterocycles. The SMILES string of the molecule is COc1c(C(=O)C=Cc2ccccc2)c(O)cc2c1[C@@H]1O[C@H](COCc3ccccc3)[C@@H](OCc3ccccc3)[C@H](OCc3ccccc3)[C@@H]1O2. The minimum Gasteiger partial charge on any atom is -0.507 e. The Balaban J connectivity index is 1.23. The molecule has 0 unspecified atom stereocenters. The molecule has 1 saturated heterocycles. The van der Waals surface area contributed by atoms with Gasteiger partial charge in [-0.1, -0.05) is 127 Å². The maximum atomic E-state index is 13.6. The lowest BCUT2D eigenvalue weighted by molar-refractivity contribution is -0.250. The molecular weight excluding hydrogens is 644 g/mol. The lowest BCUT2D eigenvalue weighted by Crippen LogP contribution is -2.57. The molecule has 2 aliphatic rings. The summed E-state index contributed by atoms with van der Waals surface area (Å²) in [4.78, 5) is 13.6. The van der Waals surface area contributed by atoms with Crippen molar-refractivity contribution in [3.63, 3.8) is 0 Å². The molecule has 0 spiro atoms. The fourth-order valence-corrected chi connectivity index (χ4v) is 6.62. The molecule has 260 valence electrons. The van der Waals surface area contributed by atoms with E-state index in [9.17, 15) is 9.90 Å². The second-order valence-corrected chi connectivity index (χ2v) is 12.5. The van der Waals surface area contributed by atoms with E-state index in [1.54, 1.807) is 6.08 Å². The van der Waals surface area contributed by atoms with Crippen molar-refractivity contribution in [3.05, 3.63) is 167 Å². The van der Waals surface area contributed by atoms with Gasteiger partial charge in [0.15, 0.2) is 11.9 Å². The molecule has 51 heavy (non-hydrogen) atoms. The molecule has 0 amide bonds. The van der Waals surface area contributed by atoms with Gasteiger partial charge in [-0.3, -0.25) is 4.79 Å².